The highest BCUT2D eigenvalue weighted by molar-refractivity contribution is 14.0. The van der Waals surface area contributed by atoms with Crippen LogP contribution in [0.3, 0.4) is 0 Å². The van der Waals surface area contributed by atoms with Crippen molar-refractivity contribution < 1.29 is 13.5 Å². The third-order valence-corrected chi connectivity index (χ3v) is 2.10. The number of pyridine rings is 1. The molecule has 0 aliphatic heterocycles. The standard InChI is InChI=1S/C11H16F2N4O.HI/c1-14-11(15-2)17-6-8-4-3-5-16-10(8)18-7-9(12)13;/h3-5,9H,6-7H2,1-2H3,(H2,14,15,17);1H. The molecule has 0 atom stereocenters. The molecule has 5 nitrogen and oxygen atoms in total. The lowest BCUT2D eigenvalue weighted by molar-refractivity contribution is 0.0790. The molecule has 8 heteroatoms. The van der Waals surface area contributed by atoms with Gasteiger partial charge in [0.2, 0.25) is 5.88 Å². The fraction of sp³-hybridized carbons (Fsp3) is 0.455. The molecule has 0 bridgehead atoms. The van der Waals surface area contributed by atoms with E-state index in [0.717, 1.165) is 0 Å². The van der Waals surface area contributed by atoms with Crippen LogP contribution in [0.5, 0.6) is 5.88 Å². The van der Waals surface area contributed by atoms with Gasteiger partial charge in [0.05, 0.1) is 0 Å². The van der Waals surface area contributed by atoms with Crippen molar-refractivity contribution in [3.05, 3.63) is 23.9 Å². The monoisotopic (exact) mass is 386 g/mol. The molecule has 0 saturated heterocycles. The fourth-order valence-electron chi connectivity index (χ4n) is 1.29. The molecule has 2 N–H and O–H groups in total. The topological polar surface area (TPSA) is 58.5 Å². The molecule has 19 heavy (non-hydrogen) atoms. The minimum absolute atomic E-state index is 0. The van der Waals surface area contributed by atoms with Gasteiger partial charge in [-0.3, -0.25) is 4.99 Å². The van der Waals surface area contributed by atoms with Crippen LogP contribution in [0.4, 0.5) is 8.78 Å². The highest BCUT2D eigenvalue weighted by Gasteiger charge is 2.09. The largest absolute Gasteiger partial charge is 0.471 e. The number of ether oxygens (including phenoxy) is 1. The lowest BCUT2D eigenvalue weighted by Crippen LogP contribution is -2.34. The molecule has 0 unspecified atom stereocenters. The summed E-state index contributed by atoms with van der Waals surface area (Å²) in [5, 5.41) is 5.84. The van der Waals surface area contributed by atoms with Crippen LogP contribution < -0.4 is 15.4 Å². The molecule has 0 aliphatic rings. The van der Waals surface area contributed by atoms with Crippen LogP contribution in [0, 0.1) is 0 Å². The van der Waals surface area contributed by atoms with Crippen molar-refractivity contribution in [1.29, 1.82) is 0 Å². The van der Waals surface area contributed by atoms with E-state index in [1.54, 1.807) is 26.2 Å². The molecule has 1 aromatic rings. The first kappa shape index (κ1) is 17.8. The number of rotatable bonds is 5. The molecule has 1 heterocycles. The first-order valence-electron chi connectivity index (χ1n) is 5.40. The number of nitrogens with one attached hydrogen (secondary N) is 2. The Bertz CT molecular complexity index is 404. The van der Waals surface area contributed by atoms with Crippen molar-refractivity contribution in [2.24, 2.45) is 4.99 Å². The van der Waals surface area contributed by atoms with Crippen LogP contribution in [0.15, 0.2) is 23.3 Å². The van der Waals surface area contributed by atoms with Gasteiger partial charge in [-0.1, -0.05) is 6.07 Å². The maximum atomic E-state index is 12.1. The van der Waals surface area contributed by atoms with E-state index in [1.807, 2.05) is 0 Å². The second-order valence-corrected chi connectivity index (χ2v) is 3.35. The Morgan fingerprint density at radius 2 is 2.26 bits per heavy atom. The van der Waals surface area contributed by atoms with Gasteiger partial charge < -0.3 is 15.4 Å². The summed E-state index contributed by atoms with van der Waals surface area (Å²) in [6.07, 6.45) is -1.02. The van der Waals surface area contributed by atoms with Crippen molar-refractivity contribution in [2.45, 2.75) is 13.0 Å². The van der Waals surface area contributed by atoms with Crippen LogP contribution in [0.2, 0.25) is 0 Å². The molecule has 108 valence electrons. The summed E-state index contributed by atoms with van der Waals surface area (Å²) < 4.78 is 29.1. The van der Waals surface area contributed by atoms with Gasteiger partial charge in [0.25, 0.3) is 6.43 Å². The number of aromatic nitrogens is 1. The van der Waals surface area contributed by atoms with E-state index in [2.05, 4.69) is 20.6 Å². The highest BCUT2D eigenvalue weighted by atomic mass is 127. The van der Waals surface area contributed by atoms with E-state index in [9.17, 15) is 8.78 Å². The number of hydrogen-bond donors (Lipinski definition) is 2. The maximum absolute atomic E-state index is 12.1. The van der Waals surface area contributed by atoms with Gasteiger partial charge in [0.1, 0.15) is 0 Å². The zero-order valence-electron chi connectivity index (χ0n) is 10.7. The summed E-state index contributed by atoms with van der Waals surface area (Å²) in [6, 6.07) is 3.47. The minimum atomic E-state index is -2.52. The average molecular weight is 386 g/mol. The number of aliphatic imine (C=N–C) groups is 1. The number of alkyl halides is 2. The van der Waals surface area contributed by atoms with Gasteiger partial charge in [-0.15, -0.1) is 24.0 Å². The summed E-state index contributed by atoms with van der Waals surface area (Å²) >= 11 is 0. The normalized spacial score (nSPS) is 10.9. The lowest BCUT2D eigenvalue weighted by atomic mass is 10.2. The third-order valence-electron chi connectivity index (χ3n) is 2.10. The van der Waals surface area contributed by atoms with E-state index in [0.29, 0.717) is 18.1 Å². The summed E-state index contributed by atoms with van der Waals surface area (Å²) in [4.78, 5) is 7.86. The molecule has 0 radical (unpaired) electrons. The second-order valence-electron chi connectivity index (χ2n) is 3.35. The molecule has 0 aliphatic carbocycles. The van der Waals surface area contributed by atoms with Gasteiger partial charge in [-0.2, -0.15) is 0 Å². The van der Waals surface area contributed by atoms with E-state index in [4.69, 9.17) is 4.74 Å². The Kier molecular flexibility index (Phi) is 9.09. The van der Waals surface area contributed by atoms with Gasteiger partial charge in [0.15, 0.2) is 12.6 Å². The molecule has 0 aromatic carbocycles. The van der Waals surface area contributed by atoms with Crippen molar-refractivity contribution in [1.82, 2.24) is 15.6 Å². The molecular weight excluding hydrogens is 369 g/mol. The van der Waals surface area contributed by atoms with Crippen molar-refractivity contribution in [3.8, 4) is 5.88 Å². The SMILES string of the molecule is CN=C(NC)NCc1cccnc1OCC(F)F.I. The molecule has 0 saturated carbocycles. The Morgan fingerprint density at radius 1 is 1.53 bits per heavy atom. The Morgan fingerprint density at radius 3 is 2.84 bits per heavy atom. The van der Waals surface area contributed by atoms with Crippen molar-refractivity contribution in [3.63, 3.8) is 0 Å². The van der Waals surface area contributed by atoms with E-state index in [1.165, 1.54) is 6.20 Å². The summed E-state index contributed by atoms with van der Waals surface area (Å²) in [6.45, 7) is -0.273. The lowest BCUT2D eigenvalue weighted by Gasteiger charge is -2.12. The van der Waals surface area contributed by atoms with Crippen LogP contribution in [0.1, 0.15) is 5.56 Å². The molecular formula is C11H17F2IN4O. The molecule has 0 spiro atoms. The number of guanidine groups is 1. The molecule has 0 amide bonds. The van der Waals surface area contributed by atoms with Crippen LogP contribution in [-0.2, 0) is 6.54 Å². The maximum Gasteiger partial charge on any atom is 0.272 e. The van der Waals surface area contributed by atoms with E-state index >= 15 is 0 Å². The quantitative estimate of drug-likeness (QED) is 0.459. The average Bonchev–Trinajstić information content (AvgIpc) is 2.38. The number of hydrogen-bond acceptors (Lipinski definition) is 3. The van der Waals surface area contributed by atoms with E-state index in [-0.39, 0.29) is 29.9 Å². The van der Waals surface area contributed by atoms with Crippen LogP contribution in [0.25, 0.3) is 0 Å². The first-order valence-corrected chi connectivity index (χ1v) is 5.40. The van der Waals surface area contributed by atoms with E-state index < -0.39 is 13.0 Å². The van der Waals surface area contributed by atoms with Crippen molar-refractivity contribution in [2.75, 3.05) is 20.7 Å². The zero-order valence-corrected chi connectivity index (χ0v) is 13.0. The highest BCUT2D eigenvalue weighted by Crippen LogP contribution is 2.14. The van der Waals surface area contributed by atoms with Gasteiger partial charge in [0, 0.05) is 32.4 Å². The summed E-state index contributed by atoms with van der Waals surface area (Å²) in [5.41, 5.74) is 0.689. The minimum Gasteiger partial charge on any atom is -0.471 e. The number of halogens is 3. The van der Waals surface area contributed by atoms with Gasteiger partial charge in [-0.25, -0.2) is 13.8 Å². The Labute approximate surface area is 127 Å². The fourth-order valence-corrected chi connectivity index (χ4v) is 1.29. The van der Waals surface area contributed by atoms with Crippen LogP contribution in [-0.4, -0.2) is 38.1 Å². The Balaban J connectivity index is 0.00000324. The molecule has 1 aromatic heterocycles. The summed E-state index contributed by atoms with van der Waals surface area (Å²) in [7, 11) is 3.36. The summed E-state index contributed by atoms with van der Waals surface area (Å²) in [5.74, 6) is 0.801. The zero-order chi connectivity index (χ0) is 13.4. The predicted molar refractivity (Wildman–Crippen MR) is 80.4 cm³/mol. The molecule has 1 rings (SSSR count). The first-order chi connectivity index (χ1) is 8.67. The smallest absolute Gasteiger partial charge is 0.272 e. The van der Waals surface area contributed by atoms with Crippen LogP contribution >= 0.6 is 24.0 Å². The Hall–Kier alpha value is -1.19. The van der Waals surface area contributed by atoms with Crippen molar-refractivity contribution >= 4 is 29.9 Å². The molecule has 0 fully saturated rings. The second kappa shape index (κ2) is 9.70. The number of nitrogens with zero attached hydrogens (tertiary/aromatic N) is 2. The van der Waals surface area contributed by atoms with Gasteiger partial charge >= 0.3 is 0 Å². The predicted octanol–water partition coefficient (Wildman–Crippen LogP) is 1.64. The third kappa shape index (κ3) is 6.50. The van der Waals surface area contributed by atoms with Gasteiger partial charge in [-0.05, 0) is 6.07 Å².